The molecule has 2 amide bonds. The van der Waals surface area contributed by atoms with Crippen molar-refractivity contribution in [1.82, 2.24) is 20.1 Å². The highest BCUT2D eigenvalue weighted by molar-refractivity contribution is 7.13. The van der Waals surface area contributed by atoms with Crippen LogP contribution in [0.5, 0.6) is 0 Å². The lowest BCUT2D eigenvalue weighted by atomic mass is 10.2. The van der Waals surface area contributed by atoms with E-state index in [2.05, 4.69) is 25.4 Å². The molecule has 1 saturated heterocycles. The van der Waals surface area contributed by atoms with E-state index in [1.807, 2.05) is 11.8 Å². The number of hydrogen-bond acceptors (Lipinski definition) is 8. The zero-order chi connectivity index (χ0) is 17.8. The summed E-state index contributed by atoms with van der Waals surface area (Å²) < 4.78 is 0. The molecule has 0 unspecified atom stereocenters. The van der Waals surface area contributed by atoms with Gasteiger partial charge in [0.15, 0.2) is 0 Å². The average Bonchev–Trinajstić information content (AvgIpc) is 3.14. The molecule has 25 heavy (non-hydrogen) atoms. The first-order valence-corrected chi connectivity index (χ1v) is 8.75. The molecule has 3 rings (SSSR count). The molecule has 0 bridgehead atoms. The third-order valence-electron chi connectivity index (χ3n) is 4.18. The number of nitrogens with zero attached hydrogens (tertiary/aromatic N) is 5. The van der Waals surface area contributed by atoms with E-state index in [-0.39, 0.29) is 11.9 Å². The van der Waals surface area contributed by atoms with Crippen LogP contribution in [0.3, 0.4) is 0 Å². The molecule has 3 N–H and O–H groups in total. The van der Waals surface area contributed by atoms with Crippen molar-refractivity contribution < 1.29 is 9.59 Å². The average molecular weight is 361 g/mol. The Balaban J connectivity index is 1.60. The predicted octanol–water partition coefficient (Wildman–Crippen LogP) is 0.181. The quantitative estimate of drug-likeness (QED) is 0.780. The first-order valence-electron chi connectivity index (χ1n) is 7.87. The number of pyridine rings is 1. The third-order valence-corrected chi connectivity index (χ3v) is 4.79. The fourth-order valence-electron chi connectivity index (χ4n) is 2.77. The topological polar surface area (TPSA) is 117 Å². The zero-order valence-electron chi connectivity index (χ0n) is 13.8. The van der Waals surface area contributed by atoms with Crippen molar-refractivity contribution in [2.45, 2.75) is 13.0 Å². The molecule has 1 aliphatic rings. The van der Waals surface area contributed by atoms with Gasteiger partial charge in [0.1, 0.15) is 11.3 Å². The van der Waals surface area contributed by atoms with Crippen molar-refractivity contribution in [3.05, 3.63) is 29.4 Å². The predicted molar refractivity (Wildman–Crippen MR) is 94.5 cm³/mol. The van der Waals surface area contributed by atoms with E-state index in [9.17, 15) is 9.59 Å². The van der Waals surface area contributed by atoms with Crippen molar-refractivity contribution in [1.29, 1.82) is 0 Å². The molecule has 9 nitrogen and oxygen atoms in total. The minimum Gasteiger partial charge on any atom is -0.365 e. The molecule has 2 aromatic rings. The van der Waals surface area contributed by atoms with Crippen molar-refractivity contribution in [2.75, 3.05) is 36.4 Å². The molecule has 2 aromatic heterocycles. The van der Waals surface area contributed by atoms with Gasteiger partial charge in [0.25, 0.3) is 5.91 Å². The number of anilines is 2. The normalized spacial score (nSPS) is 16.4. The van der Waals surface area contributed by atoms with Gasteiger partial charge in [-0.15, -0.1) is 10.2 Å². The van der Waals surface area contributed by atoms with Gasteiger partial charge in [-0.05, 0) is 19.1 Å². The van der Waals surface area contributed by atoms with Crippen LogP contribution in [0.25, 0.3) is 0 Å². The number of piperazine rings is 1. The highest BCUT2D eigenvalue weighted by atomic mass is 32.1. The fraction of sp³-hybridized carbons (Fsp3) is 0.400. The van der Waals surface area contributed by atoms with Gasteiger partial charge in [-0.1, -0.05) is 11.3 Å². The summed E-state index contributed by atoms with van der Waals surface area (Å²) in [5.74, 6) is -0.00296. The number of primary amides is 1. The molecule has 3 heterocycles. The minimum absolute atomic E-state index is 0.110. The number of carbonyl (C=O) groups is 2. The largest absolute Gasteiger partial charge is 0.365 e. The zero-order valence-corrected chi connectivity index (χ0v) is 14.6. The van der Waals surface area contributed by atoms with E-state index in [4.69, 9.17) is 5.73 Å². The minimum atomic E-state index is -0.490. The summed E-state index contributed by atoms with van der Waals surface area (Å²) in [6, 6.07) is 3.08. The molecule has 1 aliphatic heterocycles. The molecule has 0 spiro atoms. The number of rotatable bonds is 5. The van der Waals surface area contributed by atoms with Crippen LogP contribution in [0, 0.1) is 0 Å². The monoisotopic (exact) mass is 361 g/mol. The Kier molecular flexibility index (Phi) is 5.19. The Morgan fingerprint density at radius 1 is 1.32 bits per heavy atom. The van der Waals surface area contributed by atoms with E-state index < -0.39 is 5.91 Å². The Labute approximate surface area is 148 Å². The van der Waals surface area contributed by atoms with Gasteiger partial charge in [0.2, 0.25) is 11.0 Å². The summed E-state index contributed by atoms with van der Waals surface area (Å²) in [6.45, 7) is 4.54. The lowest BCUT2D eigenvalue weighted by Gasteiger charge is -2.38. The Morgan fingerprint density at radius 2 is 2.08 bits per heavy atom. The maximum atomic E-state index is 12.3. The fourth-order valence-corrected chi connectivity index (χ4v) is 3.21. The van der Waals surface area contributed by atoms with Crippen molar-refractivity contribution in [2.24, 2.45) is 5.73 Å². The summed E-state index contributed by atoms with van der Waals surface area (Å²) in [6.07, 6.45) is 1.65. The van der Waals surface area contributed by atoms with Crippen molar-refractivity contribution in [3.8, 4) is 0 Å². The standard InChI is InChI=1S/C15H19N7O2S/c1-10(14(24)19-15-20-18-9-25-15)21-5-7-22(8-6-21)13-11(12(16)23)3-2-4-17-13/h2-4,9-10H,5-8H2,1H3,(H2,16,23)(H,19,20,24)/t10-/m1/s1. The number of nitrogens with one attached hydrogen (secondary N) is 1. The number of aromatic nitrogens is 3. The number of hydrogen-bond donors (Lipinski definition) is 2. The first-order chi connectivity index (χ1) is 12.1. The second-order valence-electron chi connectivity index (χ2n) is 5.67. The maximum Gasteiger partial charge on any atom is 0.252 e. The highest BCUT2D eigenvalue weighted by Gasteiger charge is 2.27. The SMILES string of the molecule is C[C@H](C(=O)Nc1nncs1)N1CCN(c2ncccc2C(N)=O)CC1. The molecule has 0 saturated carbocycles. The molecule has 10 heteroatoms. The summed E-state index contributed by atoms with van der Waals surface area (Å²) >= 11 is 1.28. The molecule has 0 radical (unpaired) electrons. The number of nitrogens with two attached hydrogens (primary N) is 1. The van der Waals surface area contributed by atoms with Crippen LogP contribution in [0.4, 0.5) is 10.9 Å². The van der Waals surface area contributed by atoms with Gasteiger partial charge >= 0.3 is 0 Å². The van der Waals surface area contributed by atoms with Crippen LogP contribution >= 0.6 is 11.3 Å². The third kappa shape index (κ3) is 3.91. The summed E-state index contributed by atoms with van der Waals surface area (Å²) in [4.78, 5) is 32.3. The van der Waals surface area contributed by atoms with Crippen LogP contribution in [0.15, 0.2) is 23.8 Å². The Morgan fingerprint density at radius 3 is 2.72 bits per heavy atom. The molecule has 1 atom stereocenters. The van der Waals surface area contributed by atoms with Gasteiger partial charge in [-0.25, -0.2) is 4.98 Å². The van der Waals surface area contributed by atoms with E-state index >= 15 is 0 Å². The van der Waals surface area contributed by atoms with Crippen LogP contribution in [-0.2, 0) is 4.79 Å². The van der Waals surface area contributed by atoms with Crippen LogP contribution in [0.2, 0.25) is 0 Å². The Hall–Kier alpha value is -2.59. The van der Waals surface area contributed by atoms with Crippen LogP contribution in [-0.4, -0.2) is 64.1 Å². The molecular formula is C15H19N7O2S. The van der Waals surface area contributed by atoms with E-state index in [0.29, 0.717) is 42.7 Å². The number of carbonyl (C=O) groups excluding carboxylic acids is 2. The lowest BCUT2D eigenvalue weighted by molar-refractivity contribution is -0.120. The molecule has 132 valence electrons. The molecule has 1 fully saturated rings. The Bertz CT molecular complexity index is 744. The lowest BCUT2D eigenvalue weighted by Crippen LogP contribution is -2.53. The second kappa shape index (κ2) is 7.53. The van der Waals surface area contributed by atoms with Crippen molar-refractivity contribution >= 4 is 34.1 Å². The summed E-state index contributed by atoms with van der Waals surface area (Å²) in [7, 11) is 0. The summed E-state index contributed by atoms with van der Waals surface area (Å²) in [5.41, 5.74) is 7.41. The smallest absolute Gasteiger partial charge is 0.252 e. The first kappa shape index (κ1) is 17.2. The number of amides is 2. The molecular weight excluding hydrogens is 342 g/mol. The highest BCUT2D eigenvalue weighted by Crippen LogP contribution is 2.19. The van der Waals surface area contributed by atoms with Gasteiger partial charge < -0.3 is 10.6 Å². The van der Waals surface area contributed by atoms with E-state index in [1.165, 1.54) is 11.3 Å². The maximum absolute atomic E-state index is 12.3. The summed E-state index contributed by atoms with van der Waals surface area (Å²) in [5, 5.41) is 10.8. The van der Waals surface area contributed by atoms with Gasteiger partial charge in [-0.2, -0.15) is 0 Å². The van der Waals surface area contributed by atoms with Gasteiger partial charge in [0, 0.05) is 32.4 Å². The molecule has 0 aromatic carbocycles. The van der Waals surface area contributed by atoms with Gasteiger partial charge in [0.05, 0.1) is 11.6 Å². The van der Waals surface area contributed by atoms with Gasteiger partial charge in [-0.3, -0.25) is 19.8 Å². The van der Waals surface area contributed by atoms with E-state index in [1.54, 1.807) is 23.8 Å². The van der Waals surface area contributed by atoms with Crippen LogP contribution < -0.4 is 16.0 Å². The second-order valence-corrected chi connectivity index (χ2v) is 6.50. The molecule has 0 aliphatic carbocycles. The van der Waals surface area contributed by atoms with Crippen molar-refractivity contribution in [3.63, 3.8) is 0 Å². The van der Waals surface area contributed by atoms with E-state index in [0.717, 1.165) is 0 Å². The van der Waals surface area contributed by atoms with Crippen LogP contribution in [0.1, 0.15) is 17.3 Å².